The highest BCUT2D eigenvalue weighted by molar-refractivity contribution is 7.88. The van der Waals surface area contributed by atoms with Gasteiger partial charge in [0.05, 0.1) is 18.9 Å². The molecule has 1 aromatic carbocycles. The number of esters is 1. The summed E-state index contributed by atoms with van der Waals surface area (Å²) in [5, 5.41) is 2.55. The lowest BCUT2D eigenvalue weighted by molar-refractivity contribution is -0.147. The van der Waals surface area contributed by atoms with E-state index in [0.29, 0.717) is 0 Å². The summed E-state index contributed by atoms with van der Waals surface area (Å²) in [5.74, 6) is -1.15. The molecule has 0 aromatic heterocycles. The third-order valence-corrected chi connectivity index (χ3v) is 4.01. The van der Waals surface area contributed by atoms with Crippen LogP contribution < -0.4 is 10.0 Å². The molecule has 0 aliphatic carbocycles. The Labute approximate surface area is 142 Å². The minimum Gasteiger partial charge on any atom is -0.464 e. The normalized spacial score (nSPS) is 13.8. The highest BCUT2D eigenvalue weighted by atomic mass is 32.2. The van der Waals surface area contributed by atoms with Gasteiger partial charge in [0.1, 0.15) is 6.04 Å². The van der Waals surface area contributed by atoms with Gasteiger partial charge in [-0.05, 0) is 26.3 Å². The van der Waals surface area contributed by atoms with Crippen LogP contribution in [-0.4, -0.2) is 45.2 Å². The van der Waals surface area contributed by atoms with E-state index in [1.807, 2.05) is 31.2 Å². The van der Waals surface area contributed by atoms with E-state index in [4.69, 9.17) is 4.74 Å². The molecule has 1 aromatic rings. The van der Waals surface area contributed by atoms with E-state index in [-0.39, 0.29) is 13.0 Å². The van der Waals surface area contributed by atoms with Crippen LogP contribution in [0.3, 0.4) is 0 Å². The van der Waals surface area contributed by atoms with Crippen molar-refractivity contribution in [3.63, 3.8) is 0 Å². The Hall–Kier alpha value is -1.93. The first-order chi connectivity index (χ1) is 11.1. The summed E-state index contributed by atoms with van der Waals surface area (Å²) in [4.78, 5) is 24.2. The van der Waals surface area contributed by atoms with Crippen LogP contribution in [0.5, 0.6) is 0 Å². The summed E-state index contributed by atoms with van der Waals surface area (Å²) in [6.45, 7) is 5.23. The summed E-state index contributed by atoms with van der Waals surface area (Å²) >= 11 is 0. The minimum atomic E-state index is -3.53. The zero-order valence-electron chi connectivity index (χ0n) is 14.3. The van der Waals surface area contributed by atoms with Crippen molar-refractivity contribution in [2.45, 2.75) is 39.3 Å². The maximum atomic E-state index is 12.1. The number of carbonyl (C=O) groups excluding carboxylic acids is 2. The first-order valence-electron chi connectivity index (χ1n) is 7.62. The van der Waals surface area contributed by atoms with Crippen molar-refractivity contribution in [1.29, 1.82) is 0 Å². The lowest BCUT2D eigenvalue weighted by Crippen LogP contribution is -2.51. The van der Waals surface area contributed by atoms with Crippen LogP contribution in [-0.2, 0) is 30.8 Å². The number of rotatable bonds is 8. The molecule has 1 rings (SSSR count). The van der Waals surface area contributed by atoms with Crippen molar-refractivity contribution in [3.8, 4) is 0 Å². The van der Waals surface area contributed by atoms with Gasteiger partial charge in [-0.25, -0.2) is 17.9 Å². The maximum Gasteiger partial charge on any atom is 0.328 e. The van der Waals surface area contributed by atoms with Crippen LogP contribution in [0.4, 0.5) is 0 Å². The molecule has 8 heteroatoms. The van der Waals surface area contributed by atoms with Crippen molar-refractivity contribution >= 4 is 21.9 Å². The van der Waals surface area contributed by atoms with Gasteiger partial charge in [0, 0.05) is 6.42 Å². The van der Waals surface area contributed by atoms with Crippen LogP contribution in [0.2, 0.25) is 0 Å². The first-order valence-corrected chi connectivity index (χ1v) is 9.51. The van der Waals surface area contributed by atoms with Crippen LogP contribution >= 0.6 is 0 Å². The highest BCUT2D eigenvalue weighted by Gasteiger charge is 2.26. The Morgan fingerprint density at radius 3 is 2.29 bits per heavy atom. The van der Waals surface area contributed by atoms with Gasteiger partial charge in [-0.15, -0.1) is 0 Å². The van der Waals surface area contributed by atoms with Gasteiger partial charge >= 0.3 is 5.97 Å². The van der Waals surface area contributed by atoms with Gasteiger partial charge in [-0.3, -0.25) is 4.79 Å². The fourth-order valence-electron chi connectivity index (χ4n) is 2.07. The first kappa shape index (κ1) is 20.1. The smallest absolute Gasteiger partial charge is 0.328 e. The lowest BCUT2D eigenvalue weighted by Gasteiger charge is -2.20. The van der Waals surface area contributed by atoms with Gasteiger partial charge in [0.25, 0.3) is 0 Å². The van der Waals surface area contributed by atoms with Gasteiger partial charge in [-0.2, -0.15) is 0 Å². The second-order valence-corrected chi connectivity index (χ2v) is 7.39. The van der Waals surface area contributed by atoms with Crippen LogP contribution in [0, 0.1) is 6.92 Å². The van der Waals surface area contributed by atoms with Crippen molar-refractivity contribution in [1.82, 2.24) is 10.0 Å². The van der Waals surface area contributed by atoms with E-state index < -0.39 is 34.0 Å². The molecular formula is C16H24N2O5S. The fraction of sp³-hybridized carbons (Fsp3) is 0.500. The Bertz CT molecular complexity index is 670. The van der Waals surface area contributed by atoms with E-state index in [9.17, 15) is 18.0 Å². The molecule has 0 aliphatic rings. The molecule has 0 spiro atoms. The molecule has 134 valence electrons. The van der Waals surface area contributed by atoms with E-state index in [1.54, 1.807) is 6.92 Å². The SMILES string of the molecule is CCOC(=O)[C@H](Cc1ccc(C)cc1)NC(=O)[C@@H](C)NS(C)(=O)=O. The topological polar surface area (TPSA) is 102 Å². The largest absolute Gasteiger partial charge is 0.464 e. The third-order valence-electron chi connectivity index (χ3n) is 3.23. The second kappa shape index (κ2) is 8.79. The van der Waals surface area contributed by atoms with Gasteiger partial charge < -0.3 is 10.1 Å². The Morgan fingerprint density at radius 2 is 1.79 bits per heavy atom. The van der Waals surface area contributed by atoms with Crippen LogP contribution in [0.15, 0.2) is 24.3 Å². The molecule has 0 saturated heterocycles. The number of amides is 1. The van der Waals surface area contributed by atoms with Crippen molar-refractivity contribution in [3.05, 3.63) is 35.4 Å². The molecule has 0 unspecified atom stereocenters. The third kappa shape index (κ3) is 7.10. The number of hydrogen-bond acceptors (Lipinski definition) is 5. The molecule has 0 fully saturated rings. The zero-order valence-corrected chi connectivity index (χ0v) is 15.1. The molecule has 0 bridgehead atoms. The second-order valence-electron chi connectivity index (χ2n) is 5.61. The van der Waals surface area contributed by atoms with Crippen molar-refractivity contribution < 1.29 is 22.7 Å². The highest BCUT2D eigenvalue weighted by Crippen LogP contribution is 2.08. The summed E-state index contributed by atoms with van der Waals surface area (Å²) in [7, 11) is -3.53. The molecule has 24 heavy (non-hydrogen) atoms. The summed E-state index contributed by atoms with van der Waals surface area (Å²) in [6, 6.07) is 5.68. The minimum absolute atomic E-state index is 0.191. The van der Waals surface area contributed by atoms with Crippen LogP contribution in [0.25, 0.3) is 0 Å². The summed E-state index contributed by atoms with van der Waals surface area (Å²) in [6.07, 6.45) is 1.22. The molecule has 0 aliphatic heterocycles. The van der Waals surface area contributed by atoms with E-state index in [0.717, 1.165) is 17.4 Å². The van der Waals surface area contributed by atoms with Crippen molar-refractivity contribution in [2.75, 3.05) is 12.9 Å². The molecule has 2 atom stereocenters. The number of sulfonamides is 1. The van der Waals surface area contributed by atoms with E-state index >= 15 is 0 Å². The Balaban J connectivity index is 2.83. The molecule has 2 N–H and O–H groups in total. The maximum absolute atomic E-state index is 12.1. The zero-order chi connectivity index (χ0) is 18.3. The number of aryl methyl sites for hydroxylation is 1. The number of hydrogen-bond donors (Lipinski definition) is 2. The molecule has 0 saturated carbocycles. The number of carbonyl (C=O) groups is 2. The van der Waals surface area contributed by atoms with Gasteiger partial charge in [0.2, 0.25) is 15.9 Å². The Kier molecular flexibility index (Phi) is 7.37. The van der Waals surface area contributed by atoms with Gasteiger partial charge in [-0.1, -0.05) is 29.8 Å². The molecule has 1 amide bonds. The predicted molar refractivity (Wildman–Crippen MR) is 90.9 cm³/mol. The standard InChI is InChI=1S/C16H24N2O5S/c1-5-23-16(20)14(10-13-8-6-11(2)7-9-13)17-15(19)12(3)18-24(4,21)22/h6-9,12,14,18H,5,10H2,1-4H3,(H,17,19)/t12-,14+/m1/s1. The Morgan fingerprint density at radius 1 is 1.21 bits per heavy atom. The predicted octanol–water partition coefficient (Wildman–Crippen LogP) is 0.523. The summed E-state index contributed by atoms with van der Waals surface area (Å²) in [5.41, 5.74) is 1.95. The average molecular weight is 356 g/mol. The van der Waals surface area contributed by atoms with E-state index in [1.165, 1.54) is 6.92 Å². The lowest BCUT2D eigenvalue weighted by atomic mass is 10.0. The van der Waals surface area contributed by atoms with Crippen molar-refractivity contribution in [2.24, 2.45) is 0 Å². The fourth-order valence-corrected chi connectivity index (χ4v) is 2.82. The monoisotopic (exact) mass is 356 g/mol. The quantitative estimate of drug-likeness (QED) is 0.662. The number of benzene rings is 1. The number of nitrogens with one attached hydrogen (secondary N) is 2. The number of ether oxygens (including phenoxy) is 1. The summed E-state index contributed by atoms with van der Waals surface area (Å²) < 4.78 is 29.6. The van der Waals surface area contributed by atoms with Gasteiger partial charge in [0.15, 0.2) is 0 Å². The average Bonchev–Trinajstić information content (AvgIpc) is 2.47. The molecule has 7 nitrogen and oxygen atoms in total. The molecule has 0 radical (unpaired) electrons. The molecular weight excluding hydrogens is 332 g/mol. The van der Waals surface area contributed by atoms with Crippen LogP contribution in [0.1, 0.15) is 25.0 Å². The molecule has 0 heterocycles. The van der Waals surface area contributed by atoms with E-state index in [2.05, 4.69) is 10.0 Å².